The molecule has 0 fully saturated rings. The average molecular weight is 502 g/mol. The van der Waals surface area contributed by atoms with E-state index in [1.54, 1.807) is 72.8 Å². The molecule has 1 N–H and O–H groups in total. The molecule has 0 saturated heterocycles. The van der Waals surface area contributed by atoms with Crippen LogP contribution in [0.3, 0.4) is 0 Å². The first-order valence-corrected chi connectivity index (χ1v) is 11.4. The van der Waals surface area contributed by atoms with Crippen LogP contribution in [0.1, 0.15) is 5.76 Å². The Morgan fingerprint density at radius 2 is 1.63 bits per heavy atom. The van der Waals surface area contributed by atoms with E-state index in [-0.39, 0.29) is 5.91 Å². The van der Waals surface area contributed by atoms with Crippen LogP contribution in [0, 0.1) is 0 Å². The van der Waals surface area contributed by atoms with E-state index in [0.717, 1.165) is 5.39 Å². The molecular formula is C28H17Cl2NO4. The van der Waals surface area contributed by atoms with Gasteiger partial charge < -0.3 is 14.2 Å². The van der Waals surface area contributed by atoms with Gasteiger partial charge in [-0.05, 0) is 60.2 Å². The molecule has 0 aliphatic carbocycles. The number of furan rings is 1. The Morgan fingerprint density at radius 1 is 0.829 bits per heavy atom. The molecule has 2 aromatic heterocycles. The summed E-state index contributed by atoms with van der Waals surface area (Å²) in [6.07, 6.45) is 2.93. The molecule has 0 bridgehead atoms. The highest BCUT2D eigenvalue weighted by Gasteiger charge is 2.11. The molecule has 5 aromatic rings. The SMILES string of the molecule is O=C(C=Cc1ccc(-c2cccc(Cl)c2Cl)o1)Nc1ccc(-c2cc3ccccc3oc2=O)cc1. The number of carbonyl (C=O) groups excluding carboxylic acids is 1. The second-order valence-electron chi connectivity index (χ2n) is 7.69. The minimum atomic E-state index is -0.416. The molecule has 0 saturated carbocycles. The van der Waals surface area contributed by atoms with Crippen LogP contribution >= 0.6 is 23.2 Å². The Balaban J connectivity index is 1.27. The lowest BCUT2D eigenvalue weighted by molar-refractivity contribution is -0.111. The molecule has 2 heterocycles. The Hall–Kier alpha value is -4.06. The highest BCUT2D eigenvalue weighted by atomic mass is 35.5. The van der Waals surface area contributed by atoms with E-state index in [1.807, 2.05) is 18.2 Å². The molecule has 0 spiro atoms. The van der Waals surface area contributed by atoms with Gasteiger partial charge in [0.15, 0.2) is 0 Å². The number of halogens is 2. The van der Waals surface area contributed by atoms with Crippen LogP contribution in [0.2, 0.25) is 10.0 Å². The van der Waals surface area contributed by atoms with Crippen LogP contribution in [0.25, 0.3) is 39.5 Å². The van der Waals surface area contributed by atoms with Crippen LogP contribution in [-0.2, 0) is 4.79 Å². The van der Waals surface area contributed by atoms with Gasteiger partial charge in [-0.25, -0.2) is 4.79 Å². The second kappa shape index (κ2) is 9.66. The van der Waals surface area contributed by atoms with Gasteiger partial charge >= 0.3 is 5.63 Å². The van der Waals surface area contributed by atoms with E-state index in [0.29, 0.717) is 49.5 Å². The predicted molar refractivity (Wildman–Crippen MR) is 140 cm³/mol. The Labute approximate surface area is 210 Å². The van der Waals surface area contributed by atoms with E-state index >= 15 is 0 Å². The third kappa shape index (κ3) is 4.92. The monoisotopic (exact) mass is 501 g/mol. The van der Waals surface area contributed by atoms with Gasteiger partial charge in [-0.15, -0.1) is 0 Å². The standard InChI is InChI=1S/C28H17Cl2NO4/c29-23-6-3-5-21(27(23)30)25-14-12-20(34-25)13-15-26(32)31-19-10-8-17(9-11-19)22-16-18-4-1-2-7-24(18)35-28(22)33/h1-16H,(H,31,32). The van der Waals surface area contributed by atoms with E-state index in [2.05, 4.69) is 5.32 Å². The van der Waals surface area contributed by atoms with Crippen LogP contribution in [0.5, 0.6) is 0 Å². The molecule has 35 heavy (non-hydrogen) atoms. The maximum Gasteiger partial charge on any atom is 0.344 e. The number of rotatable bonds is 5. The summed E-state index contributed by atoms with van der Waals surface area (Å²) < 4.78 is 11.2. The molecule has 0 aliphatic rings. The van der Waals surface area contributed by atoms with Crippen molar-refractivity contribution in [2.45, 2.75) is 0 Å². The number of hydrogen-bond acceptors (Lipinski definition) is 4. The molecule has 5 rings (SSSR count). The fourth-order valence-corrected chi connectivity index (χ4v) is 4.01. The molecule has 7 heteroatoms. The fourth-order valence-electron chi connectivity index (χ4n) is 3.62. The molecule has 0 atom stereocenters. The summed E-state index contributed by atoms with van der Waals surface area (Å²) in [7, 11) is 0. The number of anilines is 1. The summed E-state index contributed by atoms with van der Waals surface area (Å²) >= 11 is 12.3. The van der Waals surface area contributed by atoms with Crippen molar-refractivity contribution in [2.75, 3.05) is 5.32 Å². The zero-order valence-electron chi connectivity index (χ0n) is 18.1. The topological polar surface area (TPSA) is 72.5 Å². The number of fused-ring (bicyclic) bond motifs is 1. The van der Waals surface area contributed by atoms with Crippen LogP contribution in [0.4, 0.5) is 5.69 Å². The Bertz CT molecular complexity index is 1630. The Kier molecular flexibility index (Phi) is 6.27. The van der Waals surface area contributed by atoms with E-state index in [1.165, 1.54) is 6.08 Å². The number of hydrogen-bond donors (Lipinski definition) is 1. The van der Waals surface area contributed by atoms with Gasteiger partial charge in [0.25, 0.3) is 0 Å². The van der Waals surface area contributed by atoms with Crippen LogP contribution in [-0.4, -0.2) is 5.91 Å². The highest BCUT2D eigenvalue weighted by Crippen LogP contribution is 2.34. The van der Waals surface area contributed by atoms with Crippen molar-refractivity contribution in [3.05, 3.63) is 117 Å². The number of nitrogens with one attached hydrogen (secondary N) is 1. The van der Waals surface area contributed by atoms with E-state index in [9.17, 15) is 9.59 Å². The second-order valence-corrected chi connectivity index (χ2v) is 8.47. The molecule has 0 radical (unpaired) electrons. The number of carbonyl (C=O) groups is 1. The van der Waals surface area contributed by atoms with Crippen molar-refractivity contribution in [3.8, 4) is 22.5 Å². The van der Waals surface area contributed by atoms with Gasteiger partial charge in [0.1, 0.15) is 17.1 Å². The maximum absolute atomic E-state index is 12.4. The van der Waals surface area contributed by atoms with Crippen molar-refractivity contribution < 1.29 is 13.6 Å². The highest BCUT2D eigenvalue weighted by molar-refractivity contribution is 6.43. The van der Waals surface area contributed by atoms with Crippen molar-refractivity contribution >= 4 is 51.8 Å². The molecule has 0 aliphatic heterocycles. The number of amides is 1. The van der Waals surface area contributed by atoms with Gasteiger partial charge in [0.2, 0.25) is 5.91 Å². The molecule has 5 nitrogen and oxygen atoms in total. The van der Waals surface area contributed by atoms with Gasteiger partial charge in [-0.1, -0.05) is 59.6 Å². The molecule has 1 amide bonds. The summed E-state index contributed by atoms with van der Waals surface area (Å²) in [5, 5.41) is 4.46. The molecule has 3 aromatic carbocycles. The molecular weight excluding hydrogens is 485 g/mol. The Morgan fingerprint density at radius 3 is 2.46 bits per heavy atom. The van der Waals surface area contributed by atoms with Gasteiger partial charge in [-0.3, -0.25) is 4.79 Å². The smallest absolute Gasteiger partial charge is 0.344 e. The van der Waals surface area contributed by atoms with E-state index in [4.69, 9.17) is 32.0 Å². The van der Waals surface area contributed by atoms with Crippen molar-refractivity contribution in [3.63, 3.8) is 0 Å². The van der Waals surface area contributed by atoms with Crippen molar-refractivity contribution in [1.29, 1.82) is 0 Å². The van der Waals surface area contributed by atoms with Crippen LogP contribution < -0.4 is 10.9 Å². The third-order valence-electron chi connectivity index (χ3n) is 5.35. The van der Waals surface area contributed by atoms with Gasteiger partial charge in [-0.2, -0.15) is 0 Å². The molecule has 0 unspecified atom stereocenters. The fraction of sp³-hybridized carbons (Fsp3) is 0. The predicted octanol–water partition coefficient (Wildman–Crippen LogP) is 7.68. The first-order valence-electron chi connectivity index (χ1n) is 10.6. The van der Waals surface area contributed by atoms with Gasteiger partial charge in [0, 0.05) is 22.7 Å². The molecule has 172 valence electrons. The number of para-hydroxylation sites is 1. The van der Waals surface area contributed by atoms with Crippen molar-refractivity contribution in [2.24, 2.45) is 0 Å². The summed E-state index contributed by atoms with van der Waals surface area (Å²) in [5.74, 6) is 0.706. The quantitative estimate of drug-likeness (QED) is 0.198. The lowest BCUT2D eigenvalue weighted by Gasteiger charge is -2.05. The van der Waals surface area contributed by atoms with Gasteiger partial charge in [0.05, 0.1) is 15.6 Å². The minimum Gasteiger partial charge on any atom is -0.457 e. The summed E-state index contributed by atoms with van der Waals surface area (Å²) in [4.78, 5) is 24.7. The van der Waals surface area contributed by atoms with E-state index < -0.39 is 5.63 Å². The average Bonchev–Trinajstić information content (AvgIpc) is 3.33. The summed E-state index contributed by atoms with van der Waals surface area (Å²) in [5.41, 5.74) is 2.52. The largest absolute Gasteiger partial charge is 0.457 e. The third-order valence-corrected chi connectivity index (χ3v) is 6.17. The lowest BCUT2D eigenvalue weighted by atomic mass is 10.1. The normalized spacial score (nSPS) is 11.3. The first-order chi connectivity index (χ1) is 17.0. The minimum absolute atomic E-state index is 0.332. The number of benzene rings is 3. The zero-order valence-corrected chi connectivity index (χ0v) is 19.6. The van der Waals surface area contributed by atoms with Crippen LogP contribution in [0.15, 0.2) is 105 Å². The zero-order chi connectivity index (χ0) is 24.4. The summed E-state index contributed by atoms with van der Waals surface area (Å²) in [6, 6.07) is 24.9. The van der Waals surface area contributed by atoms with Crippen molar-refractivity contribution in [1.82, 2.24) is 0 Å². The first kappa shape index (κ1) is 22.7. The maximum atomic E-state index is 12.4. The summed E-state index contributed by atoms with van der Waals surface area (Å²) in [6.45, 7) is 0. The lowest BCUT2D eigenvalue weighted by Crippen LogP contribution is -2.07.